The van der Waals surface area contributed by atoms with Gasteiger partial charge in [-0.25, -0.2) is 0 Å². The largest absolute Gasteiger partial charge is 0.481 e. The van der Waals surface area contributed by atoms with Crippen molar-refractivity contribution in [2.24, 2.45) is 11.8 Å². The summed E-state index contributed by atoms with van der Waals surface area (Å²) in [5.74, 6) is -0.722. The summed E-state index contributed by atoms with van der Waals surface area (Å²) in [6.45, 7) is 1.43. The predicted octanol–water partition coefficient (Wildman–Crippen LogP) is 0.474. The maximum atomic E-state index is 11.1. The molecule has 0 aromatic heterocycles. The number of aliphatic hydroxyl groups is 1. The van der Waals surface area contributed by atoms with Gasteiger partial charge in [0.1, 0.15) is 0 Å². The van der Waals surface area contributed by atoms with E-state index in [0.717, 1.165) is 25.7 Å². The van der Waals surface area contributed by atoms with Crippen molar-refractivity contribution in [2.45, 2.75) is 31.8 Å². The van der Waals surface area contributed by atoms with Crippen LogP contribution < -0.4 is 5.32 Å². The number of ether oxygens (including phenoxy) is 1. The van der Waals surface area contributed by atoms with E-state index in [0.29, 0.717) is 19.7 Å². The molecule has 1 saturated carbocycles. The molecule has 0 heterocycles. The van der Waals surface area contributed by atoms with Crippen LogP contribution in [0.5, 0.6) is 0 Å². The number of hydrogen-bond acceptors (Lipinski definition) is 4. The fourth-order valence-electron chi connectivity index (χ4n) is 2.46. The molecule has 0 amide bonds. The molecule has 0 spiro atoms. The number of hydrogen-bond donors (Lipinski definition) is 3. The third-order valence-corrected chi connectivity index (χ3v) is 3.37. The maximum absolute atomic E-state index is 11.1. The van der Waals surface area contributed by atoms with Crippen LogP contribution in [0.25, 0.3) is 0 Å². The Labute approximate surface area is 102 Å². The third kappa shape index (κ3) is 5.02. The minimum atomic E-state index is -0.686. The number of aliphatic hydroxyl groups excluding tert-OH is 1. The molecule has 0 aliphatic heterocycles. The minimum absolute atomic E-state index is 0.191. The van der Waals surface area contributed by atoms with Crippen LogP contribution in [-0.2, 0) is 9.53 Å². The van der Waals surface area contributed by atoms with Crippen molar-refractivity contribution in [2.75, 3.05) is 26.8 Å². The summed E-state index contributed by atoms with van der Waals surface area (Å²) < 4.78 is 4.82. The lowest BCUT2D eigenvalue weighted by atomic mass is 9.79. The summed E-state index contributed by atoms with van der Waals surface area (Å²) in [6, 6.07) is 0. The van der Waals surface area contributed by atoms with Gasteiger partial charge in [-0.2, -0.15) is 0 Å². The van der Waals surface area contributed by atoms with Gasteiger partial charge >= 0.3 is 5.97 Å². The second-order valence-electron chi connectivity index (χ2n) is 4.76. The van der Waals surface area contributed by atoms with Crippen LogP contribution in [0.1, 0.15) is 25.7 Å². The van der Waals surface area contributed by atoms with Crippen molar-refractivity contribution in [3.63, 3.8) is 0 Å². The van der Waals surface area contributed by atoms with E-state index in [4.69, 9.17) is 9.84 Å². The van der Waals surface area contributed by atoms with E-state index >= 15 is 0 Å². The van der Waals surface area contributed by atoms with Crippen molar-refractivity contribution in [1.29, 1.82) is 0 Å². The van der Waals surface area contributed by atoms with Crippen LogP contribution in [0.3, 0.4) is 0 Å². The fraction of sp³-hybridized carbons (Fsp3) is 0.917. The highest BCUT2D eigenvalue weighted by Gasteiger charge is 2.30. The Morgan fingerprint density at radius 2 is 2.18 bits per heavy atom. The summed E-state index contributed by atoms with van der Waals surface area (Å²) in [6.07, 6.45) is 3.34. The lowest BCUT2D eigenvalue weighted by Gasteiger charge is -2.29. The Bertz CT molecular complexity index is 235. The Hall–Kier alpha value is -0.650. The molecule has 3 atom stereocenters. The summed E-state index contributed by atoms with van der Waals surface area (Å²) in [4.78, 5) is 11.1. The van der Waals surface area contributed by atoms with Crippen molar-refractivity contribution < 1.29 is 19.7 Å². The average Bonchev–Trinajstić information content (AvgIpc) is 2.30. The molecule has 1 aliphatic carbocycles. The van der Waals surface area contributed by atoms with E-state index in [-0.39, 0.29) is 11.8 Å². The zero-order valence-corrected chi connectivity index (χ0v) is 10.4. The van der Waals surface area contributed by atoms with E-state index < -0.39 is 12.1 Å². The van der Waals surface area contributed by atoms with Crippen LogP contribution in [0.15, 0.2) is 0 Å². The highest BCUT2D eigenvalue weighted by atomic mass is 16.5. The molecular weight excluding hydrogens is 222 g/mol. The lowest BCUT2D eigenvalue weighted by Crippen LogP contribution is -2.38. The van der Waals surface area contributed by atoms with Crippen molar-refractivity contribution in [3.8, 4) is 0 Å². The molecular formula is C12H23NO4. The number of rotatable bonds is 7. The average molecular weight is 245 g/mol. The van der Waals surface area contributed by atoms with Gasteiger partial charge in [0, 0.05) is 13.7 Å². The lowest BCUT2D eigenvalue weighted by molar-refractivity contribution is -0.144. The molecule has 0 aromatic rings. The van der Waals surface area contributed by atoms with E-state index in [1.165, 1.54) is 0 Å². The Morgan fingerprint density at radius 1 is 1.47 bits per heavy atom. The molecule has 5 nitrogen and oxygen atoms in total. The Kier molecular flexibility index (Phi) is 6.47. The number of aliphatic carboxylic acids is 1. The van der Waals surface area contributed by atoms with Gasteiger partial charge in [-0.05, 0) is 25.3 Å². The first-order chi connectivity index (χ1) is 8.15. The molecule has 17 heavy (non-hydrogen) atoms. The quantitative estimate of drug-likeness (QED) is 0.608. The van der Waals surface area contributed by atoms with E-state index in [9.17, 15) is 9.90 Å². The molecule has 5 heteroatoms. The molecule has 3 N–H and O–H groups in total. The molecule has 1 fully saturated rings. The molecule has 3 unspecified atom stereocenters. The monoisotopic (exact) mass is 245 g/mol. The fourth-order valence-corrected chi connectivity index (χ4v) is 2.46. The molecule has 1 rings (SSSR count). The van der Waals surface area contributed by atoms with Crippen molar-refractivity contribution in [3.05, 3.63) is 0 Å². The number of carboxylic acid groups (broad SMARTS) is 1. The maximum Gasteiger partial charge on any atom is 0.306 e. The van der Waals surface area contributed by atoms with Gasteiger partial charge in [0.05, 0.1) is 18.6 Å². The SMILES string of the molecule is COCC(O)CNCC1CCCCC1C(=O)O. The molecule has 0 radical (unpaired) electrons. The van der Waals surface area contributed by atoms with Crippen LogP contribution in [-0.4, -0.2) is 49.1 Å². The van der Waals surface area contributed by atoms with Gasteiger partial charge in [-0.3, -0.25) is 4.79 Å². The third-order valence-electron chi connectivity index (χ3n) is 3.37. The summed E-state index contributed by atoms with van der Waals surface area (Å²) >= 11 is 0. The zero-order chi connectivity index (χ0) is 12.7. The number of carbonyl (C=O) groups is 1. The molecule has 100 valence electrons. The first-order valence-corrected chi connectivity index (χ1v) is 6.25. The van der Waals surface area contributed by atoms with Crippen molar-refractivity contribution in [1.82, 2.24) is 5.32 Å². The predicted molar refractivity (Wildman–Crippen MR) is 63.8 cm³/mol. The van der Waals surface area contributed by atoms with Gasteiger partial charge in [-0.15, -0.1) is 0 Å². The van der Waals surface area contributed by atoms with Crippen LogP contribution >= 0.6 is 0 Å². The highest BCUT2D eigenvalue weighted by molar-refractivity contribution is 5.70. The normalized spacial score (nSPS) is 26.7. The minimum Gasteiger partial charge on any atom is -0.481 e. The summed E-state index contributed by atoms with van der Waals surface area (Å²) in [5, 5.41) is 21.7. The Morgan fingerprint density at radius 3 is 2.82 bits per heavy atom. The zero-order valence-electron chi connectivity index (χ0n) is 10.4. The van der Waals surface area contributed by atoms with E-state index in [2.05, 4.69) is 5.32 Å². The van der Waals surface area contributed by atoms with Gasteiger partial charge in [0.2, 0.25) is 0 Å². The molecule has 0 saturated heterocycles. The second kappa shape index (κ2) is 7.63. The number of nitrogens with one attached hydrogen (secondary N) is 1. The molecule has 1 aliphatic rings. The summed E-state index contributed by atoms with van der Waals surface area (Å²) in [7, 11) is 1.55. The number of carboxylic acids is 1. The Balaban J connectivity index is 2.26. The van der Waals surface area contributed by atoms with Crippen LogP contribution in [0.4, 0.5) is 0 Å². The van der Waals surface area contributed by atoms with Crippen molar-refractivity contribution >= 4 is 5.97 Å². The van der Waals surface area contributed by atoms with Gasteiger partial charge < -0.3 is 20.3 Å². The molecule has 0 aromatic carbocycles. The van der Waals surface area contributed by atoms with Crippen LogP contribution in [0.2, 0.25) is 0 Å². The summed E-state index contributed by atoms with van der Waals surface area (Å²) in [5.41, 5.74) is 0. The standard InChI is InChI=1S/C12H23NO4/c1-17-8-10(14)7-13-6-9-4-2-3-5-11(9)12(15)16/h9-11,13-14H,2-8H2,1H3,(H,15,16). The van der Waals surface area contributed by atoms with E-state index in [1.807, 2.05) is 0 Å². The second-order valence-corrected chi connectivity index (χ2v) is 4.76. The van der Waals surface area contributed by atoms with Crippen LogP contribution in [0, 0.1) is 11.8 Å². The first-order valence-electron chi connectivity index (χ1n) is 6.25. The highest BCUT2D eigenvalue weighted by Crippen LogP contribution is 2.29. The topological polar surface area (TPSA) is 78.8 Å². The number of methoxy groups -OCH3 is 1. The van der Waals surface area contributed by atoms with Gasteiger partial charge in [0.15, 0.2) is 0 Å². The van der Waals surface area contributed by atoms with Gasteiger partial charge in [-0.1, -0.05) is 12.8 Å². The smallest absolute Gasteiger partial charge is 0.306 e. The van der Waals surface area contributed by atoms with E-state index in [1.54, 1.807) is 7.11 Å². The van der Waals surface area contributed by atoms with Gasteiger partial charge in [0.25, 0.3) is 0 Å². The molecule has 0 bridgehead atoms. The first kappa shape index (κ1) is 14.4.